The van der Waals surface area contributed by atoms with Crippen LogP contribution in [0.15, 0.2) is 24.4 Å². The van der Waals surface area contributed by atoms with E-state index in [2.05, 4.69) is 10.3 Å². The van der Waals surface area contributed by atoms with Gasteiger partial charge in [0.25, 0.3) is 5.91 Å². The molecular weight excluding hydrogens is 224 g/mol. The minimum Gasteiger partial charge on any atom is -0.481 e. The van der Waals surface area contributed by atoms with Gasteiger partial charge in [0, 0.05) is 12.7 Å². The predicted molar refractivity (Wildman–Crippen MR) is 59.4 cm³/mol. The SMILES string of the molecule is CC(O)(CNC(=O)c1ccccn1)CC(=O)O. The minimum absolute atomic E-state index is 0.144. The number of hydrogen-bond acceptors (Lipinski definition) is 4. The van der Waals surface area contributed by atoms with Crippen molar-refractivity contribution >= 4 is 11.9 Å². The number of aromatic nitrogens is 1. The standard InChI is InChI=1S/C11H14N2O4/c1-11(17,6-9(14)15)7-13-10(16)8-4-2-3-5-12-8/h2-5,17H,6-7H2,1H3,(H,13,16)(H,14,15). The molecule has 92 valence electrons. The maximum atomic E-state index is 11.5. The van der Waals surface area contributed by atoms with Gasteiger partial charge in [-0.15, -0.1) is 0 Å². The third-order valence-electron chi connectivity index (χ3n) is 2.06. The van der Waals surface area contributed by atoms with Crippen LogP contribution in [0.5, 0.6) is 0 Å². The van der Waals surface area contributed by atoms with E-state index in [0.717, 1.165) is 0 Å². The van der Waals surface area contributed by atoms with Crippen molar-refractivity contribution in [1.29, 1.82) is 0 Å². The smallest absolute Gasteiger partial charge is 0.306 e. The van der Waals surface area contributed by atoms with Crippen LogP contribution in [0, 0.1) is 0 Å². The van der Waals surface area contributed by atoms with Crippen LogP contribution >= 0.6 is 0 Å². The molecule has 17 heavy (non-hydrogen) atoms. The van der Waals surface area contributed by atoms with Gasteiger partial charge < -0.3 is 15.5 Å². The van der Waals surface area contributed by atoms with E-state index in [1.54, 1.807) is 12.1 Å². The maximum absolute atomic E-state index is 11.5. The molecule has 0 saturated carbocycles. The Morgan fingerprint density at radius 1 is 1.47 bits per heavy atom. The van der Waals surface area contributed by atoms with Crippen molar-refractivity contribution in [2.75, 3.05) is 6.54 Å². The molecule has 0 spiro atoms. The lowest BCUT2D eigenvalue weighted by Gasteiger charge is -2.21. The summed E-state index contributed by atoms with van der Waals surface area (Å²) in [7, 11) is 0. The first-order chi connectivity index (χ1) is 7.91. The van der Waals surface area contributed by atoms with Gasteiger partial charge in [-0.25, -0.2) is 0 Å². The van der Waals surface area contributed by atoms with Crippen LogP contribution in [0.4, 0.5) is 0 Å². The first kappa shape index (κ1) is 13.1. The second-order valence-corrected chi connectivity index (χ2v) is 3.97. The van der Waals surface area contributed by atoms with Gasteiger partial charge >= 0.3 is 5.97 Å². The highest BCUT2D eigenvalue weighted by atomic mass is 16.4. The summed E-state index contributed by atoms with van der Waals surface area (Å²) in [5.41, 5.74) is -1.25. The highest BCUT2D eigenvalue weighted by Crippen LogP contribution is 2.07. The zero-order valence-corrected chi connectivity index (χ0v) is 9.38. The number of carbonyl (C=O) groups is 2. The zero-order chi connectivity index (χ0) is 12.9. The zero-order valence-electron chi connectivity index (χ0n) is 9.38. The molecule has 1 rings (SSSR count). The lowest BCUT2D eigenvalue weighted by atomic mass is 10.0. The van der Waals surface area contributed by atoms with Crippen molar-refractivity contribution < 1.29 is 19.8 Å². The number of amides is 1. The summed E-state index contributed by atoms with van der Waals surface area (Å²) in [5.74, 6) is -1.57. The minimum atomic E-state index is -1.48. The molecule has 1 atom stereocenters. The van der Waals surface area contributed by atoms with Gasteiger partial charge in [-0.05, 0) is 19.1 Å². The van der Waals surface area contributed by atoms with E-state index in [9.17, 15) is 14.7 Å². The molecule has 6 heteroatoms. The molecule has 0 aliphatic carbocycles. The summed E-state index contributed by atoms with van der Waals surface area (Å²) in [6.07, 6.45) is 1.04. The topological polar surface area (TPSA) is 99.5 Å². The van der Waals surface area contributed by atoms with E-state index in [-0.39, 0.29) is 12.2 Å². The molecule has 0 bridgehead atoms. The molecule has 0 aliphatic heterocycles. The predicted octanol–water partition coefficient (Wildman–Crippen LogP) is 0.0371. The molecule has 0 saturated heterocycles. The molecule has 1 unspecified atom stereocenters. The summed E-state index contributed by atoms with van der Waals surface area (Å²) in [5, 5.41) is 20.6. The molecule has 1 heterocycles. The number of carbonyl (C=O) groups excluding carboxylic acids is 1. The number of pyridine rings is 1. The van der Waals surface area contributed by atoms with Gasteiger partial charge in [0.2, 0.25) is 0 Å². The Morgan fingerprint density at radius 2 is 2.18 bits per heavy atom. The summed E-state index contributed by atoms with van der Waals surface area (Å²) in [6.45, 7) is 1.20. The van der Waals surface area contributed by atoms with Gasteiger partial charge in [-0.3, -0.25) is 14.6 Å². The van der Waals surface area contributed by atoms with Crippen LogP contribution in [-0.4, -0.2) is 39.2 Å². The van der Waals surface area contributed by atoms with Crippen LogP contribution < -0.4 is 5.32 Å². The van der Waals surface area contributed by atoms with E-state index in [4.69, 9.17) is 5.11 Å². The number of aliphatic carboxylic acids is 1. The van der Waals surface area contributed by atoms with Gasteiger partial charge in [-0.2, -0.15) is 0 Å². The number of carboxylic acid groups (broad SMARTS) is 1. The third-order valence-corrected chi connectivity index (χ3v) is 2.06. The second-order valence-electron chi connectivity index (χ2n) is 3.97. The van der Waals surface area contributed by atoms with Gasteiger partial charge in [0.1, 0.15) is 5.69 Å². The second kappa shape index (κ2) is 5.40. The van der Waals surface area contributed by atoms with E-state index in [0.29, 0.717) is 0 Å². The molecular formula is C11H14N2O4. The van der Waals surface area contributed by atoms with Crippen molar-refractivity contribution in [3.05, 3.63) is 30.1 Å². The van der Waals surface area contributed by atoms with Crippen LogP contribution in [0.25, 0.3) is 0 Å². The summed E-state index contributed by atoms with van der Waals surface area (Å²) < 4.78 is 0. The van der Waals surface area contributed by atoms with Crippen LogP contribution in [0.1, 0.15) is 23.8 Å². The molecule has 1 amide bonds. The largest absolute Gasteiger partial charge is 0.481 e. The average Bonchev–Trinajstić information content (AvgIpc) is 2.25. The average molecular weight is 238 g/mol. The van der Waals surface area contributed by atoms with Crippen molar-refractivity contribution in [3.8, 4) is 0 Å². The Kier molecular flexibility index (Phi) is 4.17. The Bertz CT molecular complexity index is 403. The van der Waals surface area contributed by atoms with E-state index < -0.39 is 23.9 Å². The fourth-order valence-electron chi connectivity index (χ4n) is 1.25. The molecule has 0 aliphatic rings. The summed E-state index contributed by atoms with van der Waals surface area (Å²) in [4.78, 5) is 25.8. The van der Waals surface area contributed by atoms with E-state index in [1.807, 2.05) is 0 Å². The van der Waals surface area contributed by atoms with Crippen LogP contribution in [0.2, 0.25) is 0 Å². The summed E-state index contributed by atoms with van der Waals surface area (Å²) >= 11 is 0. The van der Waals surface area contributed by atoms with E-state index >= 15 is 0 Å². The van der Waals surface area contributed by atoms with Crippen molar-refractivity contribution in [1.82, 2.24) is 10.3 Å². The molecule has 0 aromatic carbocycles. The van der Waals surface area contributed by atoms with Crippen molar-refractivity contribution in [2.24, 2.45) is 0 Å². The highest BCUT2D eigenvalue weighted by Gasteiger charge is 2.25. The van der Waals surface area contributed by atoms with Gasteiger partial charge in [0.05, 0.1) is 12.0 Å². The van der Waals surface area contributed by atoms with Crippen molar-refractivity contribution in [3.63, 3.8) is 0 Å². The number of rotatable bonds is 5. The number of nitrogens with one attached hydrogen (secondary N) is 1. The maximum Gasteiger partial charge on any atom is 0.306 e. The quantitative estimate of drug-likeness (QED) is 0.672. The molecule has 0 fully saturated rings. The Morgan fingerprint density at radius 3 is 2.71 bits per heavy atom. The number of hydrogen-bond donors (Lipinski definition) is 3. The van der Waals surface area contributed by atoms with Crippen molar-refractivity contribution in [2.45, 2.75) is 18.9 Å². The van der Waals surface area contributed by atoms with Gasteiger partial charge in [0.15, 0.2) is 0 Å². The Hall–Kier alpha value is -1.95. The van der Waals surface area contributed by atoms with Crippen LogP contribution in [0.3, 0.4) is 0 Å². The molecule has 1 aromatic heterocycles. The van der Waals surface area contributed by atoms with Gasteiger partial charge in [-0.1, -0.05) is 6.07 Å². The first-order valence-corrected chi connectivity index (χ1v) is 5.04. The molecule has 1 aromatic rings. The molecule has 3 N–H and O–H groups in total. The fourth-order valence-corrected chi connectivity index (χ4v) is 1.25. The monoisotopic (exact) mass is 238 g/mol. The highest BCUT2D eigenvalue weighted by molar-refractivity contribution is 5.92. The number of carboxylic acids is 1. The lowest BCUT2D eigenvalue weighted by molar-refractivity contribution is -0.141. The molecule has 0 radical (unpaired) electrons. The number of aliphatic hydroxyl groups is 1. The van der Waals surface area contributed by atoms with E-state index in [1.165, 1.54) is 19.2 Å². The third kappa shape index (κ3) is 4.60. The first-order valence-electron chi connectivity index (χ1n) is 5.04. The number of nitrogens with zero attached hydrogens (tertiary/aromatic N) is 1. The van der Waals surface area contributed by atoms with Crippen LogP contribution in [-0.2, 0) is 4.79 Å². The normalized spacial score (nSPS) is 13.8. The summed E-state index contributed by atoms with van der Waals surface area (Å²) in [6, 6.07) is 4.87. The Balaban J connectivity index is 2.51. The molecule has 6 nitrogen and oxygen atoms in total. The Labute approximate surface area is 98.3 Å². The fraction of sp³-hybridized carbons (Fsp3) is 0.364. The lowest BCUT2D eigenvalue weighted by Crippen LogP contribution is -2.42.